The first-order chi connectivity index (χ1) is 4.22. The fourth-order valence-corrected chi connectivity index (χ4v) is 4.84. The van der Waals surface area contributed by atoms with Crippen molar-refractivity contribution in [3.05, 3.63) is 0 Å². The van der Waals surface area contributed by atoms with E-state index in [9.17, 15) is 4.55 Å². The second-order valence-corrected chi connectivity index (χ2v) is 6.12. The Kier molecular flexibility index (Phi) is 2.73. The van der Waals surface area contributed by atoms with Crippen LogP contribution in [0.4, 0.5) is 0 Å². The lowest BCUT2D eigenvalue weighted by atomic mass is 10.1. The molecular weight excluding hydrogens is 152 g/mol. The lowest BCUT2D eigenvalue weighted by Gasteiger charge is -2.13. The monoisotopic (exact) mass is 164 g/mol. The van der Waals surface area contributed by atoms with Crippen molar-refractivity contribution in [2.24, 2.45) is 5.92 Å². The lowest BCUT2D eigenvalue weighted by Crippen LogP contribution is -2.18. The van der Waals surface area contributed by atoms with E-state index in [-0.39, 0.29) is 0 Å². The Morgan fingerprint density at radius 3 is 2.56 bits per heavy atom. The Balaban J connectivity index is 2.40. The predicted octanol–water partition coefficient (Wildman–Crippen LogP) is 1.81. The second kappa shape index (κ2) is 3.17. The summed E-state index contributed by atoms with van der Waals surface area (Å²) in [6.07, 6.45) is 1.15. The lowest BCUT2D eigenvalue weighted by molar-refractivity contribution is 0.541. The second-order valence-electron chi connectivity index (χ2n) is 2.65. The van der Waals surface area contributed by atoms with E-state index >= 15 is 0 Å². The van der Waals surface area contributed by atoms with Crippen LogP contribution in [0.2, 0.25) is 0 Å². The van der Waals surface area contributed by atoms with Crippen LogP contribution in [0.5, 0.6) is 0 Å². The molecule has 0 aromatic rings. The molecule has 0 radical (unpaired) electrons. The molecule has 3 heteroatoms. The first kappa shape index (κ1) is 7.76. The SMILES string of the molecule is CC(C)[C@H]1CCS[S+]1[O-]. The van der Waals surface area contributed by atoms with E-state index in [1.165, 1.54) is 0 Å². The zero-order valence-electron chi connectivity index (χ0n) is 5.79. The van der Waals surface area contributed by atoms with Gasteiger partial charge in [0.1, 0.15) is 5.25 Å². The average molecular weight is 164 g/mol. The molecule has 1 rings (SSSR count). The average Bonchev–Trinajstić information content (AvgIpc) is 2.13. The van der Waals surface area contributed by atoms with Crippen molar-refractivity contribution in [1.82, 2.24) is 0 Å². The van der Waals surface area contributed by atoms with Crippen molar-refractivity contribution in [1.29, 1.82) is 0 Å². The summed E-state index contributed by atoms with van der Waals surface area (Å²) in [6, 6.07) is 0. The fraction of sp³-hybridized carbons (Fsp3) is 1.00. The molecule has 0 aromatic carbocycles. The molecule has 9 heavy (non-hydrogen) atoms. The normalized spacial score (nSPS) is 36.0. The van der Waals surface area contributed by atoms with Crippen molar-refractivity contribution >= 4 is 21.0 Å². The summed E-state index contributed by atoms with van der Waals surface area (Å²) in [5, 5.41) is 0.468. The largest absolute Gasteiger partial charge is 0.605 e. The topological polar surface area (TPSA) is 23.1 Å². The van der Waals surface area contributed by atoms with E-state index < -0.39 is 10.2 Å². The highest BCUT2D eigenvalue weighted by atomic mass is 33.1. The van der Waals surface area contributed by atoms with Crippen molar-refractivity contribution in [2.75, 3.05) is 5.75 Å². The van der Waals surface area contributed by atoms with E-state index in [1.807, 2.05) is 0 Å². The molecule has 2 atom stereocenters. The summed E-state index contributed by atoms with van der Waals surface area (Å²) in [5.74, 6) is 1.69. The van der Waals surface area contributed by atoms with Crippen LogP contribution in [0, 0.1) is 5.92 Å². The third-order valence-electron chi connectivity index (χ3n) is 1.59. The Bertz CT molecular complexity index is 95.1. The minimum atomic E-state index is -0.574. The third-order valence-corrected chi connectivity index (χ3v) is 5.44. The van der Waals surface area contributed by atoms with Crippen LogP contribution in [0.1, 0.15) is 20.3 Å². The predicted molar refractivity (Wildman–Crippen MR) is 43.8 cm³/mol. The van der Waals surface area contributed by atoms with Gasteiger partial charge >= 0.3 is 0 Å². The van der Waals surface area contributed by atoms with Gasteiger partial charge in [0, 0.05) is 28.3 Å². The van der Waals surface area contributed by atoms with Gasteiger partial charge < -0.3 is 4.55 Å². The van der Waals surface area contributed by atoms with Crippen LogP contribution in [0.25, 0.3) is 0 Å². The van der Waals surface area contributed by atoms with Gasteiger partial charge in [-0.1, -0.05) is 13.8 Å². The summed E-state index contributed by atoms with van der Waals surface area (Å²) in [6.45, 7) is 4.29. The molecule has 0 N–H and O–H groups in total. The van der Waals surface area contributed by atoms with Gasteiger partial charge in [0.05, 0.1) is 10.8 Å². The van der Waals surface area contributed by atoms with Gasteiger partial charge in [-0.2, -0.15) is 0 Å². The third kappa shape index (κ3) is 1.79. The van der Waals surface area contributed by atoms with Gasteiger partial charge in [0.2, 0.25) is 0 Å². The molecule has 1 nitrogen and oxygen atoms in total. The van der Waals surface area contributed by atoms with Gasteiger partial charge in [-0.05, 0) is 0 Å². The van der Waals surface area contributed by atoms with E-state index in [0.29, 0.717) is 11.2 Å². The number of hydrogen-bond donors (Lipinski definition) is 0. The summed E-state index contributed by atoms with van der Waals surface area (Å²) in [5.41, 5.74) is 0. The van der Waals surface area contributed by atoms with E-state index in [0.717, 1.165) is 12.2 Å². The molecule has 1 saturated heterocycles. The zero-order valence-corrected chi connectivity index (χ0v) is 7.43. The molecule has 0 aromatic heterocycles. The van der Waals surface area contributed by atoms with E-state index in [1.54, 1.807) is 10.8 Å². The summed E-state index contributed by atoms with van der Waals surface area (Å²) >= 11 is 0. The molecule has 0 saturated carbocycles. The standard InChI is InChI=1S/C6H12OS2/c1-5(2)6-3-4-8-9(6)7/h5-6H,3-4H2,1-2H3/t6-,9?/m1/s1. The molecule has 0 bridgehead atoms. The van der Waals surface area contributed by atoms with E-state index in [4.69, 9.17) is 0 Å². The molecule has 54 valence electrons. The first-order valence-corrected chi connectivity index (χ1v) is 5.97. The zero-order chi connectivity index (χ0) is 6.85. The number of rotatable bonds is 1. The molecule has 1 aliphatic heterocycles. The molecule has 1 aliphatic rings. The maximum absolute atomic E-state index is 11.1. The highest BCUT2D eigenvalue weighted by Crippen LogP contribution is 2.34. The van der Waals surface area contributed by atoms with Crippen LogP contribution in [0.3, 0.4) is 0 Å². The smallest absolute Gasteiger partial charge is 0.131 e. The van der Waals surface area contributed by atoms with E-state index in [2.05, 4.69) is 13.8 Å². The van der Waals surface area contributed by atoms with Crippen LogP contribution in [-0.2, 0) is 10.2 Å². The van der Waals surface area contributed by atoms with Crippen LogP contribution in [0.15, 0.2) is 0 Å². The van der Waals surface area contributed by atoms with Crippen LogP contribution < -0.4 is 0 Å². The molecule has 0 spiro atoms. The van der Waals surface area contributed by atoms with Gasteiger partial charge in [0.25, 0.3) is 0 Å². The van der Waals surface area contributed by atoms with Crippen molar-refractivity contribution in [3.8, 4) is 0 Å². The maximum Gasteiger partial charge on any atom is 0.131 e. The highest BCUT2D eigenvalue weighted by molar-refractivity contribution is 8.72. The Morgan fingerprint density at radius 2 is 2.33 bits per heavy atom. The molecule has 1 heterocycles. The Labute approximate surface area is 63.2 Å². The van der Waals surface area contributed by atoms with Gasteiger partial charge in [0.15, 0.2) is 0 Å². The maximum atomic E-state index is 11.1. The minimum absolute atomic E-state index is 0.468. The molecule has 1 unspecified atom stereocenters. The Morgan fingerprint density at radius 1 is 1.67 bits per heavy atom. The fourth-order valence-electron chi connectivity index (χ4n) is 0.986. The summed E-state index contributed by atoms with van der Waals surface area (Å²) < 4.78 is 11.1. The number of hydrogen-bond acceptors (Lipinski definition) is 2. The van der Waals surface area contributed by atoms with Crippen LogP contribution >= 0.6 is 10.8 Å². The Hall–Kier alpha value is 0.660. The van der Waals surface area contributed by atoms with Crippen LogP contribution in [-0.4, -0.2) is 15.6 Å². The van der Waals surface area contributed by atoms with Gasteiger partial charge in [-0.15, -0.1) is 0 Å². The molecule has 0 aliphatic carbocycles. The van der Waals surface area contributed by atoms with Crippen molar-refractivity contribution in [2.45, 2.75) is 25.5 Å². The van der Waals surface area contributed by atoms with Crippen molar-refractivity contribution in [3.63, 3.8) is 0 Å². The van der Waals surface area contributed by atoms with Gasteiger partial charge in [-0.25, -0.2) is 0 Å². The minimum Gasteiger partial charge on any atom is -0.605 e. The first-order valence-electron chi connectivity index (χ1n) is 3.25. The summed E-state index contributed by atoms with van der Waals surface area (Å²) in [7, 11) is 1.03. The molecular formula is C6H12OS2. The van der Waals surface area contributed by atoms with Crippen molar-refractivity contribution < 1.29 is 4.55 Å². The van der Waals surface area contributed by atoms with Gasteiger partial charge in [-0.3, -0.25) is 0 Å². The molecule has 0 amide bonds. The highest BCUT2D eigenvalue weighted by Gasteiger charge is 2.33. The molecule has 1 fully saturated rings. The quantitative estimate of drug-likeness (QED) is 0.436. The summed E-state index contributed by atoms with van der Waals surface area (Å²) in [4.78, 5) is 0.